The van der Waals surface area contributed by atoms with Crippen LogP contribution in [0, 0.1) is 5.82 Å². The molecular formula is C12H12ClFN4. The second kappa shape index (κ2) is 5.18. The van der Waals surface area contributed by atoms with E-state index in [-0.39, 0.29) is 5.82 Å². The number of nitrogens with zero attached hydrogens (tertiary/aromatic N) is 2. The van der Waals surface area contributed by atoms with E-state index in [1.807, 2.05) is 6.92 Å². The molecule has 3 N–H and O–H groups in total. The fourth-order valence-electron chi connectivity index (χ4n) is 1.51. The Bertz CT molecular complexity index is 574. The van der Waals surface area contributed by atoms with Crippen molar-refractivity contribution in [1.82, 2.24) is 9.97 Å². The number of hydrogen-bond acceptors (Lipinski definition) is 4. The molecule has 0 unspecified atom stereocenters. The highest BCUT2D eigenvalue weighted by atomic mass is 35.5. The Hall–Kier alpha value is -1.88. The molecule has 0 fully saturated rings. The first-order valence-electron chi connectivity index (χ1n) is 5.43. The highest BCUT2D eigenvalue weighted by Crippen LogP contribution is 2.28. The molecule has 6 heteroatoms. The molecular weight excluding hydrogens is 255 g/mol. The summed E-state index contributed by atoms with van der Waals surface area (Å²) in [7, 11) is 0. The molecule has 0 bridgehead atoms. The van der Waals surface area contributed by atoms with Crippen molar-refractivity contribution < 1.29 is 4.39 Å². The van der Waals surface area contributed by atoms with Crippen LogP contribution in [0.15, 0.2) is 24.5 Å². The molecule has 2 rings (SSSR count). The van der Waals surface area contributed by atoms with Gasteiger partial charge in [0.25, 0.3) is 0 Å². The minimum absolute atomic E-state index is 0.0920. The van der Waals surface area contributed by atoms with Crippen molar-refractivity contribution in [2.24, 2.45) is 0 Å². The van der Waals surface area contributed by atoms with E-state index in [1.54, 1.807) is 18.2 Å². The Morgan fingerprint density at radius 2 is 2.17 bits per heavy atom. The summed E-state index contributed by atoms with van der Waals surface area (Å²) in [5.41, 5.74) is 7.05. The van der Waals surface area contributed by atoms with Gasteiger partial charge in [-0.3, -0.25) is 0 Å². The van der Waals surface area contributed by atoms with Gasteiger partial charge in [-0.1, -0.05) is 18.5 Å². The lowest BCUT2D eigenvalue weighted by Gasteiger charge is -2.10. The molecule has 0 amide bonds. The van der Waals surface area contributed by atoms with Crippen molar-refractivity contribution in [3.63, 3.8) is 0 Å². The van der Waals surface area contributed by atoms with Crippen LogP contribution in [0.25, 0.3) is 0 Å². The molecule has 0 radical (unpaired) electrons. The van der Waals surface area contributed by atoms with Gasteiger partial charge in [-0.25, -0.2) is 14.4 Å². The normalized spacial score (nSPS) is 10.4. The van der Waals surface area contributed by atoms with Crippen LogP contribution < -0.4 is 11.1 Å². The average molecular weight is 267 g/mol. The number of nitrogen functional groups attached to an aromatic ring is 1. The van der Waals surface area contributed by atoms with Crippen LogP contribution in [0.4, 0.5) is 21.6 Å². The molecule has 18 heavy (non-hydrogen) atoms. The third-order valence-electron chi connectivity index (χ3n) is 2.44. The number of rotatable bonds is 3. The second-order valence-corrected chi connectivity index (χ2v) is 4.11. The van der Waals surface area contributed by atoms with E-state index in [0.717, 1.165) is 0 Å². The number of nitrogens with one attached hydrogen (secondary N) is 1. The summed E-state index contributed by atoms with van der Waals surface area (Å²) in [6.07, 6.45) is 1.80. The Kier molecular flexibility index (Phi) is 3.62. The number of aryl methyl sites for hydroxylation is 1. The van der Waals surface area contributed by atoms with E-state index >= 15 is 0 Å². The SMILES string of the molecule is CCc1ncnc(Nc2cc(N)ccc2Cl)c1F. The van der Waals surface area contributed by atoms with Crippen LogP contribution in [-0.2, 0) is 6.42 Å². The summed E-state index contributed by atoms with van der Waals surface area (Å²) < 4.78 is 13.9. The number of benzene rings is 1. The van der Waals surface area contributed by atoms with Crippen molar-refractivity contribution >= 4 is 28.8 Å². The first kappa shape index (κ1) is 12.6. The van der Waals surface area contributed by atoms with Crippen LogP contribution in [0.3, 0.4) is 0 Å². The van der Waals surface area contributed by atoms with E-state index in [1.165, 1.54) is 6.33 Å². The zero-order valence-corrected chi connectivity index (χ0v) is 10.5. The Morgan fingerprint density at radius 3 is 2.89 bits per heavy atom. The number of nitrogens with two attached hydrogens (primary N) is 1. The van der Waals surface area contributed by atoms with Gasteiger partial charge in [0.1, 0.15) is 6.33 Å². The lowest BCUT2D eigenvalue weighted by molar-refractivity contribution is 0.599. The van der Waals surface area contributed by atoms with Gasteiger partial charge < -0.3 is 11.1 Å². The van der Waals surface area contributed by atoms with Gasteiger partial charge in [0, 0.05) is 5.69 Å². The van der Waals surface area contributed by atoms with E-state index in [4.69, 9.17) is 17.3 Å². The monoisotopic (exact) mass is 266 g/mol. The van der Waals surface area contributed by atoms with Gasteiger partial charge in [0.2, 0.25) is 0 Å². The largest absolute Gasteiger partial charge is 0.399 e. The molecule has 2 aromatic rings. The highest BCUT2D eigenvalue weighted by molar-refractivity contribution is 6.33. The van der Waals surface area contributed by atoms with Crippen molar-refractivity contribution in [2.45, 2.75) is 13.3 Å². The minimum atomic E-state index is -0.474. The summed E-state index contributed by atoms with van der Waals surface area (Å²) in [6, 6.07) is 4.93. The highest BCUT2D eigenvalue weighted by Gasteiger charge is 2.11. The molecule has 0 aliphatic rings. The topological polar surface area (TPSA) is 63.8 Å². The molecule has 0 spiro atoms. The molecule has 94 valence electrons. The van der Waals surface area contributed by atoms with E-state index < -0.39 is 5.82 Å². The molecule has 0 saturated heterocycles. The van der Waals surface area contributed by atoms with Crippen LogP contribution in [0.1, 0.15) is 12.6 Å². The average Bonchev–Trinajstić information content (AvgIpc) is 2.36. The van der Waals surface area contributed by atoms with Gasteiger partial charge in [-0.15, -0.1) is 0 Å². The summed E-state index contributed by atoms with van der Waals surface area (Å²) in [5, 5.41) is 3.26. The standard InChI is InChI=1S/C12H12ClFN4/c1-2-9-11(14)12(17-6-16-9)18-10-5-7(15)3-4-8(10)13/h3-6H,2,15H2,1H3,(H,16,17,18). The van der Waals surface area contributed by atoms with Gasteiger partial charge in [0.05, 0.1) is 16.4 Å². The predicted octanol–water partition coefficient (Wildman–Crippen LogP) is 3.16. The number of halogens is 2. The maximum Gasteiger partial charge on any atom is 0.187 e. The quantitative estimate of drug-likeness (QED) is 0.838. The third-order valence-corrected chi connectivity index (χ3v) is 2.77. The Balaban J connectivity index is 2.37. The summed E-state index contributed by atoms with van der Waals surface area (Å²) in [6.45, 7) is 1.82. The maximum atomic E-state index is 13.9. The molecule has 0 atom stereocenters. The summed E-state index contributed by atoms with van der Waals surface area (Å²) >= 11 is 5.99. The summed E-state index contributed by atoms with van der Waals surface area (Å²) in [5.74, 6) is -0.382. The van der Waals surface area contributed by atoms with Crippen molar-refractivity contribution in [1.29, 1.82) is 0 Å². The first-order chi connectivity index (χ1) is 8.61. The minimum Gasteiger partial charge on any atom is -0.399 e. The molecule has 4 nitrogen and oxygen atoms in total. The van der Waals surface area contributed by atoms with E-state index in [9.17, 15) is 4.39 Å². The number of aromatic nitrogens is 2. The van der Waals surface area contributed by atoms with Crippen molar-refractivity contribution in [3.05, 3.63) is 41.1 Å². The van der Waals surface area contributed by atoms with Gasteiger partial charge in [-0.05, 0) is 24.6 Å². The van der Waals surface area contributed by atoms with Gasteiger partial charge in [-0.2, -0.15) is 0 Å². The van der Waals surface area contributed by atoms with Crippen LogP contribution >= 0.6 is 11.6 Å². The molecule has 0 saturated carbocycles. The van der Waals surface area contributed by atoms with Gasteiger partial charge >= 0.3 is 0 Å². The molecule has 1 aromatic heterocycles. The van der Waals surface area contributed by atoms with Crippen molar-refractivity contribution in [2.75, 3.05) is 11.1 Å². The molecule has 1 aromatic carbocycles. The first-order valence-corrected chi connectivity index (χ1v) is 5.81. The van der Waals surface area contributed by atoms with E-state index in [2.05, 4.69) is 15.3 Å². The van der Waals surface area contributed by atoms with Crippen LogP contribution in [0.2, 0.25) is 5.02 Å². The third kappa shape index (κ3) is 2.51. The number of anilines is 3. The van der Waals surface area contributed by atoms with Crippen LogP contribution in [0.5, 0.6) is 0 Å². The maximum absolute atomic E-state index is 13.9. The zero-order valence-electron chi connectivity index (χ0n) is 9.74. The predicted molar refractivity (Wildman–Crippen MR) is 70.5 cm³/mol. The van der Waals surface area contributed by atoms with E-state index in [0.29, 0.717) is 28.5 Å². The zero-order chi connectivity index (χ0) is 13.1. The van der Waals surface area contributed by atoms with Gasteiger partial charge in [0.15, 0.2) is 11.6 Å². The molecule has 1 heterocycles. The Morgan fingerprint density at radius 1 is 1.39 bits per heavy atom. The fraction of sp³-hybridized carbons (Fsp3) is 0.167. The fourth-order valence-corrected chi connectivity index (χ4v) is 1.67. The van der Waals surface area contributed by atoms with Crippen molar-refractivity contribution in [3.8, 4) is 0 Å². The molecule has 0 aliphatic heterocycles. The lowest BCUT2D eigenvalue weighted by atomic mass is 10.2. The smallest absolute Gasteiger partial charge is 0.187 e. The number of hydrogen-bond donors (Lipinski definition) is 2. The summed E-state index contributed by atoms with van der Waals surface area (Å²) in [4.78, 5) is 7.71. The second-order valence-electron chi connectivity index (χ2n) is 3.70. The van der Waals surface area contributed by atoms with Crippen LogP contribution in [-0.4, -0.2) is 9.97 Å². The molecule has 0 aliphatic carbocycles. The Labute approximate surface area is 109 Å². The lowest BCUT2D eigenvalue weighted by Crippen LogP contribution is -2.03.